The lowest BCUT2D eigenvalue weighted by molar-refractivity contribution is 0.197. The summed E-state index contributed by atoms with van der Waals surface area (Å²) in [7, 11) is 1.73. The van der Waals surface area contributed by atoms with Crippen LogP contribution in [-0.2, 0) is 11.3 Å². The van der Waals surface area contributed by atoms with Crippen molar-refractivity contribution in [2.75, 3.05) is 25.6 Å². The molecule has 104 valence electrons. The molecule has 0 saturated heterocycles. The zero-order chi connectivity index (χ0) is 13.6. The number of anilines is 1. The minimum atomic E-state index is 0.317. The Labute approximate surface area is 111 Å². The van der Waals surface area contributed by atoms with Crippen molar-refractivity contribution in [2.24, 2.45) is 11.3 Å². The molecule has 1 atom stereocenters. The standard InChI is InChI=1S/C14H27N3O/c1-12(14(2,3)4)11-17-9-8-16-13(17)15-7-6-10-18-5/h8-9,12H,6-7,10-11H2,1-5H3,(H,15,16). The van der Waals surface area contributed by atoms with Crippen LogP contribution < -0.4 is 5.32 Å². The largest absolute Gasteiger partial charge is 0.385 e. The van der Waals surface area contributed by atoms with Gasteiger partial charge in [0.05, 0.1) is 0 Å². The van der Waals surface area contributed by atoms with E-state index in [-0.39, 0.29) is 0 Å². The van der Waals surface area contributed by atoms with Crippen molar-refractivity contribution < 1.29 is 4.74 Å². The maximum Gasteiger partial charge on any atom is 0.202 e. The molecule has 0 bridgehead atoms. The highest BCUT2D eigenvalue weighted by Crippen LogP contribution is 2.27. The molecule has 1 unspecified atom stereocenters. The normalized spacial score (nSPS) is 13.6. The van der Waals surface area contributed by atoms with Gasteiger partial charge < -0.3 is 14.6 Å². The molecule has 1 rings (SSSR count). The summed E-state index contributed by atoms with van der Waals surface area (Å²) in [6.07, 6.45) is 4.90. The predicted octanol–water partition coefficient (Wildman–Crippen LogP) is 3.01. The fraction of sp³-hybridized carbons (Fsp3) is 0.786. The monoisotopic (exact) mass is 253 g/mol. The van der Waals surface area contributed by atoms with Crippen molar-refractivity contribution in [3.63, 3.8) is 0 Å². The van der Waals surface area contributed by atoms with E-state index in [9.17, 15) is 0 Å². The van der Waals surface area contributed by atoms with Gasteiger partial charge in [-0.25, -0.2) is 4.98 Å². The van der Waals surface area contributed by atoms with Crippen LogP contribution in [0.1, 0.15) is 34.1 Å². The van der Waals surface area contributed by atoms with Crippen molar-refractivity contribution in [3.05, 3.63) is 12.4 Å². The Morgan fingerprint density at radius 2 is 2.17 bits per heavy atom. The lowest BCUT2D eigenvalue weighted by atomic mass is 9.82. The number of imidazole rings is 1. The first kappa shape index (κ1) is 15.0. The van der Waals surface area contributed by atoms with E-state index in [1.165, 1.54) is 0 Å². The van der Waals surface area contributed by atoms with Gasteiger partial charge in [-0.2, -0.15) is 0 Å². The first-order valence-corrected chi connectivity index (χ1v) is 6.69. The lowest BCUT2D eigenvalue weighted by Crippen LogP contribution is -2.23. The topological polar surface area (TPSA) is 39.1 Å². The van der Waals surface area contributed by atoms with E-state index >= 15 is 0 Å². The second kappa shape index (κ2) is 6.78. The third-order valence-corrected chi connectivity index (χ3v) is 3.47. The second-order valence-electron chi connectivity index (χ2n) is 5.94. The Hall–Kier alpha value is -1.03. The van der Waals surface area contributed by atoms with Crippen LogP contribution in [0.15, 0.2) is 12.4 Å². The van der Waals surface area contributed by atoms with Gasteiger partial charge in [0, 0.05) is 39.2 Å². The van der Waals surface area contributed by atoms with Crippen LogP contribution >= 0.6 is 0 Å². The molecule has 0 saturated carbocycles. The fourth-order valence-corrected chi connectivity index (χ4v) is 1.61. The molecule has 1 aromatic heterocycles. The van der Waals surface area contributed by atoms with Crippen molar-refractivity contribution in [2.45, 2.75) is 40.7 Å². The van der Waals surface area contributed by atoms with Crippen LogP contribution in [0.5, 0.6) is 0 Å². The van der Waals surface area contributed by atoms with Gasteiger partial charge in [0.15, 0.2) is 0 Å². The van der Waals surface area contributed by atoms with E-state index < -0.39 is 0 Å². The van der Waals surface area contributed by atoms with Crippen molar-refractivity contribution in [1.29, 1.82) is 0 Å². The molecule has 0 spiro atoms. The van der Waals surface area contributed by atoms with E-state index in [1.807, 2.05) is 12.4 Å². The van der Waals surface area contributed by atoms with Crippen LogP contribution in [0.4, 0.5) is 5.95 Å². The van der Waals surface area contributed by atoms with Gasteiger partial charge in [0.1, 0.15) is 0 Å². The maximum absolute atomic E-state index is 5.03. The van der Waals surface area contributed by atoms with Crippen molar-refractivity contribution in [3.8, 4) is 0 Å². The molecule has 0 amide bonds. The zero-order valence-electron chi connectivity index (χ0n) is 12.4. The Kier molecular flexibility index (Phi) is 5.66. The summed E-state index contributed by atoms with van der Waals surface area (Å²) < 4.78 is 7.23. The van der Waals surface area contributed by atoms with Crippen molar-refractivity contribution in [1.82, 2.24) is 9.55 Å². The van der Waals surface area contributed by atoms with Gasteiger partial charge in [0.25, 0.3) is 0 Å². The average Bonchev–Trinajstić information content (AvgIpc) is 2.71. The van der Waals surface area contributed by atoms with E-state index in [2.05, 4.69) is 42.6 Å². The molecule has 1 aromatic rings. The number of aromatic nitrogens is 2. The number of nitrogens with one attached hydrogen (secondary N) is 1. The van der Waals surface area contributed by atoms with Crippen LogP contribution in [0.25, 0.3) is 0 Å². The molecule has 0 fully saturated rings. The molecular weight excluding hydrogens is 226 g/mol. The SMILES string of the molecule is COCCCNc1nccn1CC(C)C(C)(C)C. The number of hydrogen-bond donors (Lipinski definition) is 1. The van der Waals surface area contributed by atoms with Crippen LogP contribution in [0, 0.1) is 11.3 Å². The van der Waals surface area contributed by atoms with E-state index in [0.29, 0.717) is 11.3 Å². The molecule has 1 heterocycles. The van der Waals surface area contributed by atoms with E-state index in [0.717, 1.165) is 32.1 Å². The number of ether oxygens (including phenoxy) is 1. The van der Waals surface area contributed by atoms with Gasteiger partial charge in [-0.3, -0.25) is 0 Å². The number of rotatable bonds is 7. The zero-order valence-corrected chi connectivity index (χ0v) is 12.4. The third-order valence-electron chi connectivity index (χ3n) is 3.47. The van der Waals surface area contributed by atoms with Crippen molar-refractivity contribution >= 4 is 5.95 Å². The molecule has 4 nitrogen and oxygen atoms in total. The summed E-state index contributed by atoms with van der Waals surface area (Å²) in [5, 5.41) is 3.36. The van der Waals surface area contributed by atoms with Crippen LogP contribution in [0.3, 0.4) is 0 Å². The smallest absolute Gasteiger partial charge is 0.202 e. The average molecular weight is 253 g/mol. The summed E-state index contributed by atoms with van der Waals surface area (Å²) in [4.78, 5) is 4.36. The van der Waals surface area contributed by atoms with Gasteiger partial charge in [0.2, 0.25) is 5.95 Å². The Balaban J connectivity index is 2.49. The molecule has 0 aliphatic rings. The highest BCUT2D eigenvalue weighted by molar-refractivity contribution is 5.25. The summed E-state index contributed by atoms with van der Waals surface area (Å²) >= 11 is 0. The van der Waals surface area contributed by atoms with Gasteiger partial charge in [-0.1, -0.05) is 27.7 Å². The minimum absolute atomic E-state index is 0.317. The molecule has 18 heavy (non-hydrogen) atoms. The molecule has 0 aliphatic carbocycles. The van der Waals surface area contributed by atoms with Crippen LogP contribution in [-0.4, -0.2) is 29.8 Å². The summed E-state index contributed by atoms with van der Waals surface area (Å²) in [6, 6.07) is 0. The quantitative estimate of drug-likeness (QED) is 0.759. The number of methoxy groups -OCH3 is 1. The molecular formula is C14H27N3O. The highest BCUT2D eigenvalue weighted by Gasteiger charge is 2.20. The van der Waals surface area contributed by atoms with Gasteiger partial charge in [-0.15, -0.1) is 0 Å². The van der Waals surface area contributed by atoms with Crippen LogP contribution in [0.2, 0.25) is 0 Å². The summed E-state index contributed by atoms with van der Waals surface area (Å²) in [5.41, 5.74) is 0.317. The summed E-state index contributed by atoms with van der Waals surface area (Å²) in [5.74, 6) is 1.56. The highest BCUT2D eigenvalue weighted by atomic mass is 16.5. The first-order chi connectivity index (χ1) is 8.45. The molecule has 4 heteroatoms. The lowest BCUT2D eigenvalue weighted by Gasteiger charge is -2.28. The summed E-state index contributed by atoms with van der Waals surface area (Å²) in [6.45, 7) is 11.8. The van der Waals surface area contributed by atoms with Gasteiger partial charge >= 0.3 is 0 Å². The molecule has 0 radical (unpaired) electrons. The maximum atomic E-state index is 5.03. The number of nitrogens with zero attached hydrogens (tertiary/aromatic N) is 2. The number of hydrogen-bond acceptors (Lipinski definition) is 3. The third kappa shape index (κ3) is 4.69. The molecule has 1 N–H and O–H groups in total. The Morgan fingerprint density at radius 3 is 2.78 bits per heavy atom. The first-order valence-electron chi connectivity index (χ1n) is 6.69. The van der Waals surface area contributed by atoms with Gasteiger partial charge in [-0.05, 0) is 17.8 Å². The Morgan fingerprint density at radius 1 is 1.44 bits per heavy atom. The predicted molar refractivity (Wildman–Crippen MR) is 75.8 cm³/mol. The van der Waals surface area contributed by atoms with E-state index in [4.69, 9.17) is 4.74 Å². The van der Waals surface area contributed by atoms with E-state index in [1.54, 1.807) is 7.11 Å². The molecule has 0 aromatic carbocycles. The minimum Gasteiger partial charge on any atom is -0.385 e. The second-order valence-corrected chi connectivity index (χ2v) is 5.94. The fourth-order valence-electron chi connectivity index (χ4n) is 1.61. The Bertz CT molecular complexity index is 341. The molecule has 0 aliphatic heterocycles.